The summed E-state index contributed by atoms with van der Waals surface area (Å²) >= 11 is 0. The van der Waals surface area contributed by atoms with Crippen LogP contribution in [0.2, 0.25) is 6.04 Å². The minimum absolute atomic E-state index is 0.0101. The van der Waals surface area contributed by atoms with Gasteiger partial charge in [0, 0.05) is 25.7 Å². The number of hydrogen-bond acceptors (Lipinski definition) is 7. The van der Waals surface area contributed by atoms with Gasteiger partial charge in [0.25, 0.3) is 0 Å². The Labute approximate surface area is 106 Å². The molecule has 1 atom stereocenters. The molecular formula is C9H21NO7Si. The van der Waals surface area contributed by atoms with Crippen molar-refractivity contribution in [2.75, 3.05) is 26.3 Å². The maximum Gasteiger partial charge on any atom is 0.492 e. The highest BCUT2D eigenvalue weighted by atomic mass is 28.4. The van der Waals surface area contributed by atoms with Crippen molar-refractivity contribution in [2.24, 2.45) is 0 Å². The summed E-state index contributed by atoms with van der Waals surface area (Å²) in [6, 6.07) is -0.0973. The molecular weight excluding hydrogens is 262 g/mol. The molecule has 1 unspecified atom stereocenters. The number of aliphatic carboxylic acids is 1. The van der Waals surface area contributed by atoms with E-state index < -0.39 is 20.9 Å². The van der Waals surface area contributed by atoms with Crippen LogP contribution in [0.15, 0.2) is 0 Å². The lowest BCUT2D eigenvalue weighted by atomic mass is 10.3. The van der Waals surface area contributed by atoms with Crippen LogP contribution in [0.1, 0.15) is 12.8 Å². The average molecular weight is 283 g/mol. The van der Waals surface area contributed by atoms with Gasteiger partial charge in [-0.1, -0.05) is 0 Å². The Balaban J connectivity index is 3.32. The predicted octanol–water partition coefficient (Wildman–Crippen LogP) is -2.27. The topological polar surface area (TPSA) is 139 Å². The molecule has 9 heteroatoms. The SMILES string of the molecule is O=C(O)CCNCC(O)COCCC[Si](O)(O)O. The van der Waals surface area contributed by atoms with Gasteiger partial charge in [-0.2, -0.15) is 0 Å². The molecule has 8 nitrogen and oxygen atoms in total. The van der Waals surface area contributed by atoms with Crippen LogP contribution < -0.4 is 5.32 Å². The van der Waals surface area contributed by atoms with E-state index in [1.54, 1.807) is 0 Å². The molecule has 0 saturated carbocycles. The third-order valence-electron chi connectivity index (χ3n) is 2.01. The zero-order valence-corrected chi connectivity index (χ0v) is 11.1. The first kappa shape index (κ1) is 17.4. The van der Waals surface area contributed by atoms with Gasteiger partial charge in [0.15, 0.2) is 0 Å². The Morgan fingerprint density at radius 1 is 1.33 bits per heavy atom. The molecule has 0 aromatic rings. The number of aliphatic hydroxyl groups excluding tert-OH is 1. The van der Waals surface area contributed by atoms with E-state index in [-0.39, 0.29) is 38.8 Å². The van der Waals surface area contributed by atoms with Crippen molar-refractivity contribution < 1.29 is 34.1 Å². The van der Waals surface area contributed by atoms with E-state index in [4.69, 9.17) is 24.2 Å². The van der Waals surface area contributed by atoms with E-state index in [0.717, 1.165) is 0 Å². The molecule has 0 bridgehead atoms. The van der Waals surface area contributed by atoms with Crippen molar-refractivity contribution in [1.82, 2.24) is 5.32 Å². The predicted molar refractivity (Wildman–Crippen MR) is 63.8 cm³/mol. The Morgan fingerprint density at radius 3 is 2.56 bits per heavy atom. The molecule has 6 N–H and O–H groups in total. The molecule has 0 aliphatic carbocycles. The molecule has 0 aromatic heterocycles. The van der Waals surface area contributed by atoms with Crippen molar-refractivity contribution in [3.63, 3.8) is 0 Å². The van der Waals surface area contributed by atoms with E-state index in [2.05, 4.69) is 5.32 Å². The summed E-state index contributed by atoms with van der Waals surface area (Å²) in [5.74, 6) is -0.905. The van der Waals surface area contributed by atoms with Gasteiger partial charge < -0.3 is 34.7 Å². The lowest BCUT2D eigenvalue weighted by molar-refractivity contribution is -0.136. The van der Waals surface area contributed by atoms with E-state index >= 15 is 0 Å². The van der Waals surface area contributed by atoms with Crippen molar-refractivity contribution in [3.05, 3.63) is 0 Å². The Kier molecular flexibility index (Phi) is 9.10. The van der Waals surface area contributed by atoms with Crippen LogP contribution in [0.5, 0.6) is 0 Å². The van der Waals surface area contributed by atoms with Crippen molar-refractivity contribution in [1.29, 1.82) is 0 Å². The van der Waals surface area contributed by atoms with Gasteiger partial charge in [0.1, 0.15) is 0 Å². The Hall–Kier alpha value is -0.553. The van der Waals surface area contributed by atoms with E-state index in [0.29, 0.717) is 6.42 Å². The first-order valence-electron chi connectivity index (χ1n) is 5.66. The molecule has 0 aliphatic heterocycles. The molecule has 18 heavy (non-hydrogen) atoms. The molecule has 0 aliphatic rings. The molecule has 0 rings (SSSR count). The third-order valence-corrected chi connectivity index (χ3v) is 3.03. The standard InChI is InChI=1S/C9H21NO7Si/c11-8(6-10-3-2-9(12)13)7-17-4-1-5-18(14,15)16/h8,10-11,14-16H,1-7H2,(H,12,13). The van der Waals surface area contributed by atoms with Crippen molar-refractivity contribution in [3.8, 4) is 0 Å². The maximum atomic E-state index is 10.2. The van der Waals surface area contributed by atoms with Crippen LogP contribution in [0, 0.1) is 0 Å². The summed E-state index contributed by atoms with van der Waals surface area (Å²) in [5.41, 5.74) is 0. The average Bonchev–Trinajstić information content (AvgIpc) is 2.22. The molecule has 0 amide bonds. The van der Waals surface area contributed by atoms with E-state index in [1.165, 1.54) is 0 Å². The quantitative estimate of drug-likeness (QED) is 0.184. The number of carboxylic acids is 1. The summed E-state index contributed by atoms with van der Waals surface area (Å²) in [5, 5.41) is 20.5. The van der Waals surface area contributed by atoms with Crippen LogP contribution in [0.3, 0.4) is 0 Å². The van der Waals surface area contributed by atoms with Crippen LogP contribution in [-0.2, 0) is 9.53 Å². The van der Waals surface area contributed by atoms with Gasteiger partial charge in [-0.25, -0.2) is 0 Å². The number of ether oxygens (including phenoxy) is 1. The van der Waals surface area contributed by atoms with Crippen molar-refractivity contribution in [2.45, 2.75) is 25.0 Å². The molecule has 0 heterocycles. The maximum absolute atomic E-state index is 10.2. The van der Waals surface area contributed by atoms with Crippen LogP contribution in [-0.4, -0.2) is 71.8 Å². The first-order chi connectivity index (χ1) is 8.31. The molecule has 0 aromatic carbocycles. The molecule has 108 valence electrons. The molecule has 0 radical (unpaired) electrons. The second kappa shape index (κ2) is 9.39. The number of aliphatic hydroxyl groups is 1. The van der Waals surface area contributed by atoms with Gasteiger partial charge in [0.05, 0.1) is 19.1 Å². The fourth-order valence-corrected chi connectivity index (χ4v) is 1.77. The highest BCUT2D eigenvalue weighted by Crippen LogP contribution is 2.01. The van der Waals surface area contributed by atoms with Crippen LogP contribution in [0.4, 0.5) is 0 Å². The second-order valence-electron chi connectivity index (χ2n) is 3.95. The molecule has 0 spiro atoms. The zero-order valence-electron chi connectivity index (χ0n) is 10.1. The largest absolute Gasteiger partial charge is 0.492 e. The summed E-state index contributed by atoms with van der Waals surface area (Å²) in [4.78, 5) is 36.3. The van der Waals surface area contributed by atoms with E-state index in [1.807, 2.05) is 0 Å². The highest BCUT2D eigenvalue weighted by Gasteiger charge is 2.25. The Morgan fingerprint density at radius 2 is 2.00 bits per heavy atom. The number of rotatable bonds is 11. The van der Waals surface area contributed by atoms with Gasteiger partial charge >= 0.3 is 14.8 Å². The Bertz CT molecular complexity index is 233. The van der Waals surface area contributed by atoms with Gasteiger partial charge in [-0.15, -0.1) is 0 Å². The summed E-state index contributed by atoms with van der Waals surface area (Å²) in [6.45, 7) is 0.783. The molecule has 0 fully saturated rings. The summed E-state index contributed by atoms with van der Waals surface area (Å²) in [7, 11) is -3.98. The lowest BCUT2D eigenvalue weighted by Crippen LogP contribution is -2.35. The number of hydrogen-bond donors (Lipinski definition) is 6. The monoisotopic (exact) mass is 283 g/mol. The second-order valence-corrected chi connectivity index (χ2v) is 6.00. The van der Waals surface area contributed by atoms with Crippen molar-refractivity contribution >= 4 is 14.8 Å². The lowest BCUT2D eigenvalue weighted by Gasteiger charge is -2.13. The molecule has 0 saturated heterocycles. The minimum atomic E-state index is -3.98. The highest BCUT2D eigenvalue weighted by molar-refractivity contribution is 6.56. The summed E-state index contributed by atoms with van der Waals surface area (Å²) < 4.78 is 5.05. The minimum Gasteiger partial charge on any atom is -0.481 e. The zero-order chi connectivity index (χ0) is 14.0. The van der Waals surface area contributed by atoms with Crippen LogP contribution >= 0.6 is 0 Å². The smallest absolute Gasteiger partial charge is 0.481 e. The third kappa shape index (κ3) is 13.5. The van der Waals surface area contributed by atoms with Crippen LogP contribution in [0.25, 0.3) is 0 Å². The normalized spacial score (nSPS) is 13.6. The number of carbonyl (C=O) groups is 1. The van der Waals surface area contributed by atoms with Gasteiger partial charge in [0.2, 0.25) is 0 Å². The number of nitrogens with one attached hydrogen (secondary N) is 1. The number of carboxylic acid groups (broad SMARTS) is 1. The first-order valence-corrected chi connectivity index (χ1v) is 7.71. The van der Waals surface area contributed by atoms with Gasteiger partial charge in [-0.3, -0.25) is 4.79 Å². The van der Waals surface area contributed by atoms with E-state index in [9.17, 15) is 9.90 Å². The van der Waals surface area contributed by atoms with Gasteiger partial charge in [-0.05, 0) is 6.42 Å². The summed E-state index contributed by atoms with van der Waals surface area (Å²) in [6.07, 6.45) is -0.461. The fraction of sp³-hybridized carbons (Fsp3) is 0.889. The fourth-order valence-electron chi connectivity index (χ4n) is 1.15.